The van der Waals surface area contributed by atoms with E-state index in [0.29, 0.717) is 12.0 Å². The van der Waals surface area contributed by atoms with E-state index in [0.717, 1.165) is 32.4 Å². The molecule has 3 fully saturated rings. The lowest BCUT2D eigenvalue weighted by molar-refractivity contribution is -0.134. The molecule has 0 aromatic heterocycles. The van der Waals surface area contributed by atoms with Crippen molar-refractivity contribution in [1.29, 1.82) is 0 Å². The lowest BCUT2D eigenvalue weighted by Crippen LogP contribution is -2.51. The zero-order valence-electron chi connectivity index (χ0n) is 12.9. The Morgan fingerprint density at radius 1 is 1.10 bits per heavy atom. The Hall–Kier alpha value is -1.10. The van der Waals surface area contributed by atoms with Crippen LogP contribution in [0, 0.1) is 5.92 Å². The van der Waals surface area contributed by atoms with Crippen LogP contribution < -0.4 is 10.6 Å². The second-order valence-electron chi connectivity index (χ2n) is 6.91. The summed E-state index contributed by atoms with van der Waals surface area (Å²) in [5.41, 5.74) is 0. The molecular weight excluding hydrogens is 266 g/mol. The summed E-state index contributed by atoms with van der Waals surface area (Å²) in [4.78, 5) is 25.7. The molecule has 2 heterocycles. The predicted octanol–water partition coefficient (Wildman–Crippen LogP) is 1.03. The third-order valence-electron chi connectivity index (χ3n) is 5.37. The van der Waals surface area contributed by atoms with E-state index in [1.807, 2.05) is 4.90 Å². The summed E-state index contributed by atoms with van der Waals surface area (Å²) in [6, 6.07) is 0.853. The van der Waals surface area contributed by atoms with Gasteiger partial charge in [-0.05, 0) is 38.0 Å². The van der Waals surface area contributed by atoms with Crippen molar-refractivity contribution in [3.8, 4) is 0 Å². The van der Waals surface area contributed by atoms with Crippen LogP contribution in [0.3, 0.4) is 0 Å². The number of hydrogen-bond donors (Lipinski definition) is 2. The molecule has 0 bridgehead atoms. The third-order valence-corrected chi connectivity index (χ3v) is 5.37. The van der Waals surface area contributed by atoms with Crippen LogP contribution in [0.15, 0.2) is 0 Å². The lowest BCUT2D eigenvalue weighted by atomic mass is 9.85. The van der Waals surface area contributed by atoms with Crippen LogP contribution >= 0.6 is 0 Å². The molecule has 118 valence electrons. The zero-order valence-corrected chi connectivity index (χ0v) is 12.9. The molecule has 2 aliphatic heterocycles. The van der Waals surface area contributed by atoms with Gasteiger partial charge in [0, 0.05) is 32.1 Å². The smallest absolute Gasteiger partial charge is 0.239 e. The molecule has 0 aromatic rings. The van der Waals surface area contributed by atoms with Gasteiger partial charge in [-0.1, -0.05) is 12.8 Å². The molecule has 0 spiro atoms. The average molecular weight is 293 g/mol. The highest BCUT2D eigenvalue weighted by Crippen LogP contribution is 2.33. The highest BCUT2D eigenvalue weighted by atomic mass is 16.2. The fourth-order valence-electron chi connectivity index (χ4n) is 4.26. The van der Waals surface area contributed by atoms with Gasteiger partial charge in [-0.15, -0.1) is 0 Å². The summed E-state index contributed by atoms with van der Waals surface area (Å²) in [6.07, 6.45) is 7.93. The van der Waals surface area contributed by atoms with Crippen molar-refractivity contribution in [1.82, 2.24) is 15.5 Å². The number of hydrogen-bond acceptors (Lipinski definition) is 3. The van der Waals surface area contributed by atoms with Crippen LogP contribution in [-0.4, -0.2) is 47.9 Å². The van der Waals surface area contributed by atoms with E-state index in [9.17, 15) is 9.59 Å². The molecular formula is C16H27N3O2. The number of fused-ring (bicyclic) bond motifs is 1. The first-order valence-corrected chi connectivity index (χ1v) is 8.45. The van der Waals surface area contributed by atoms with Crippen molar-refractivity contribution >= 4 is 11.8 Å². The van der Waals surface area contributed by atoms with Gasteiger partial charge in [0.1, 0.15) is 0 Å². The number of rotatable bonds is 2. The largest absolute Gasteiger partial charge is 0.353 e. The number of carbonyl (C=O) groups excluding carboxylic acids is 2. The Balaban J connectivity index is 1.49. The molecule has 3 atom stereocenters. The molecule has 0 aromatic carbocycles. The fourth-order valence-corrected chi connectivity index (χ4v) is 4.26. The van der Waals surface area contributed by atoms with Crippen LogP contribution in [0.5, 0.6) is 0 Å². The first-order chi connectivity index (χ1) is 10.1. The molecule has 2 amide bonds. The molecule has 5 nitrogen and oxygen atoms in total. The van der Waals surface area contributed by atoms with Crippen molar-refractivity contribution in [2.75, 3.05) is 13.1 Å². The van der Waals surface area contributed by atoms with Gasteiger partial charge in [-0.2, -0.15) is 0 Å². The van der Waals surface area contributed by atoms with E-state index < -0.39 is 0 Å². The minimum absolute atomic E-state index is 0.0290. The number of nitrogens with one attached hydrogen (secondary N) is 2. The number of carbonyl (C=O) groups is 2. The minimum atomic E-state index is 0.0290. The molecule has 21 heavy (non-hydrogen) atoms. The second-order valence-corrected chi connectivity index (χ2v) is 6.91. The Morgan fingerprint density at radius 2 is 1.81 bits per heavy atom. The predicted molar refractivity (Wildman–Crippen MR) is 80.7 cm³/mol. The molecule has 5 heteroatoms. The highest BCUT2D eigenvalue weighted by molar-refractivity contribution is 5.82. The fraction of sp³-hybridized carbons (Fsp3) is 0.875. The second kappa shape index (κ2) is 6.34. The first kappa shape index (κ1) is 14.8. The lowest BCUT2D eigenvalue weighted by Gasteiger charge is -2.33. The maximum Gasteiger partial charge on any atom is 0.239 e. The highest BCUT2D eigenvalue weighted by Gasteiger charge is 2.40. The van der Waals surface area contributed by atoms with Crippen LogP contribution in [0.25, 0.3) is 0 Å². The van der Waals surface area contributed by atoms with Crippen LogP contribution in [0.4, 0.5) is 0 Å². The van der Waals surface area contributed by atoms with Crippen molar-refractivity contribution in [3.05, 3.63) is 0 Å². The van der Waals surface area contributed by atoms with Gasteiger partial charge in [-0.3, -0.25) is 9.59 Å². The normalized spacial score (nSPS) is 33.6. The van der Waals surface area contributed by atoms with E-state index in [4.69, 9.17) is 0 Å². The van der Waals surface area contributed by atoms with Crippen molar-refractivity contribution in [3.63, 3.8) is 0 Å². The van der Waals surface area contributed by atoms with Crippen LogP contribution in [0.1, 0.15) is 51.9 Å². The van der Waals surface area contributed by atoms with Crippen molar-refractivity contribution < 1.29 is 9.59 Å². The van der Waals surface area contributed by atoms with Crippen LogP contribution in [0.2, 0.25) is 0 Å². The molecule has 1 saturated carbocycles. The Labute approximate surface area is 126 Å². The number of amides is 2. The van der Waals surface area contributed by atoms with Crippen LogP contribution in [-0.2, 0) is 9.59 Å². The van der Waals surface area contributed by atoms with Gasteiger partial charge in [0.05, 0.1) is 6.04 Å². The third kappa shape index (κ3) is 3.39. The zero-order chi connectivity index (χ0) is 14.8. The average Bonchev–Trinajstić information content (AvgIpc) is 2.90. The van der Waals surface area contributed by atoms with Gasteiger partial charge < -0.3 is 15.5 Å². The summed E-state index contributed by atoms with van der Waals surface area (Å²) in [6.45, 7) is 3.11. The maximum absolute atomic E-state index is 12.6. The molecule has 1 aliphatic carbocycles. The van der Waals surface area contributed by atoms with Gasteiger partial charge >= 0.3 is 0 Å². The summed E-state index contributed by atoms with van der Waals surface area (Å²) in [7, 11) is 0. The summed E-state index contributed by atoms with van der Waals surface area (Å²) >= 11 is 0. The quantitative estimate of drug-likeness (QED) is 0.799. The van der Waals surface area contributed by atoms with E-state index >= 15 is 0 Å². The van der Waals surface area contributed by atoms with Crippen molar-refractivity contribution in [2.24, 2.45) is 5.92 Å². The van der Waals surface area contributed by atoms with E-state index in [1.165, 1.54) is 25.7 Å². The summed E-state index contributed by atoms with van der Waals surface area (Å²) in [5, 5.41) is 6.53. The summed E-state index contributed by atoms with van der Waals surface area (Å²) in [5.74, 6) is 1.02. The number of piperidine rings is 1. The minimum Gasteiger partial charge on any atom is -0.353 e. The number of nitrogens with zero attached hydrogens (tertiary/aromatic N) is 1. The number of likely N-dealkylation sites (tertiary alicyclic amines) is 1. The van der Waals surface area contributed by atoms with Gasteiger partial charge in [0.25, 0.3) is 0 Å². The van der Waals surface area contributed by atoms with Gasteiger partial charge in [0.15, 0.2) is 0 Å². The first-order valence-electron chi connectivity index (χ1n) is 8.45. The van der Waals surface area contributed by atoms with E-state index in [1.54, 1.807) is 6.92 Å². The topological polar surface area (TPSA) is 61.4 Å². The molecule has 3 aliphatic rings. The molecule has 2 saturated heterocycles. The van der Waals surface area contributed by atoms with E-state index in [2.05, 4.69) is 10.6 Å². The molecule has 2 N–H and O–H groups in total. The monoisotopic (exact) mass is 293 g/mol. The Morgan fingerprint density at radius 3 is 2.48 bits per heavy atom. The van der Waals surface area contributed by atoms with Crippen molar-refractivity contribution in [2.45, 2.75) is 70.0 Å². The maximum atomic E-state index is 12.6. The summed E-state index contributed by atoms with van der Waals surface area (Å²) < 4.78 is 0. The standard InChI is InChI=1S/C16H27N3O2/c1-11(20)17-13-6-8-19(9-7-13)16(21)15-10-12-4-2-3-5-14(12)18-15/h12-15,18H,2-10H2,1H3,(H,17,20). The Kier molecular flexibility index (Phi) is 4.48. The van der Waals surface area contributed by atoms with Gasteiger partial charge in [0.2, 0.25) is 11.8 Å². The molecule has 3 unspecified atom stereocenters. The molecule has 0 radical (unpaired) electrons. The Bertz CT molecular complexity index is 390. The van der Waals surface area contributed by atoms with E-state index in [-0.39, 0.29) is 23.9 Å². The molecule has 3 rings (SSSR count). The van der Waals surface area contributed by atoms with Gasteiger partial charge in [-0.25, -0.2) is 0 Å². The SMILES string of the molecule is CC(=O)NC1CCN(C(=O)C2CC3CCCCC3N2)CC1.